The quantitative estimate of drug-likeness (QED) is 0.359. The molecule has 0 aromatic heterocycles. The number of alkyl halides is 3. The predicted molar refractivity (Wildman–Crippen MR) is 152 cm³/mol. The Bertz CT molecular complexity index is 1540. The number of hydrogen-bond acceptors (Lipinski definition) is 5. The molecule has 6 nitrogen and oxygen atoms in total. The highest BCUT2D eigenvalue weighted by molar-refractivity contribution is 7.88. The minimum absolute atomic E-state index is 0.0289. The van der Waals surface area contributed by atoms with Crippen molar-refractivity contribution in [1.82, 2.24) is 9.73 Å². The van der Waals surface area contributed by atoms with Crippen LogP contribution >= 0.6 is 0 Å². The number of halogens is 4. The summed E-state index contributed by atoms with van der Waals surface area (Å²) in [7, 11) is -3.95. The smallest absolute Gasteiger partial charge is 0.377 e. The van der Waals surface area contributed by atoms with Gasteiger partial charge in [0.25, 0.3) is 0 Å². The van der Waals surface area contributed by atoms with E-state index in [1.54, 1.807) is 12.1 Å². The van der Waals surface area contributed by atoms with Gasteiger partial charge in [-0.15, -0.1) is 0 Å². The Kier molecular flexibility index (Phi) is 7.69. The number of sulfonamides is 1. The molecule has 2 aliphatic heterocycles. The first kappa shape index (κ1) is 28.9. The van der Waals surface area contributed by atoms with E-state index in [-0.39, 0.29) is 42.4 Å². The van der Waals surface area contributed by atoms with Gasteiger partial charge in [-0.3, -0.25) is 5.01 Å². The zero-order valence-corrected chi connectivity index (χ0v) is 24.0. The molecule has 0 radical (unpaired) electrons. The molecule has 3 atom stereocenters. The molecular formula is C31H33F4N3O3S. The lowest BCUT2D eigenvalue weighted by Crippen LogP contribution is -2.41. The van der Waals surface area contributed by atoms with Crippen LogP contribution in [0.2, 0.25) is 0 Å². The number of nitrogens with one attached hydrogen (secondary N) is 1. The van der Waals surface area contributed by atoms with E-state index in [1.165, 1.54) is 39.7 Å². The summed E-state index contributed by atoms with van der Waals surface area (Å²) in [4.78, 5) is 0. The Morgan fingerprint density at radius 1 is 1.10 bits per heavy atom. The first-order chi connectivity index (χ1) is 20.0. The normalized spacial score (nSPS) is 24.0. The van der Waals surface area contributed by atoms with Crippen molar-refractivity contribution in [1.29, 1.82) is 0 Å². The Balaban J connectivity index is 1.26. The number of rotatable bonds is 8. The van der Waals surface area contributed by atoms with Crippen LogP contribution in [0, 0.1) is 17.7 Å². The molecule has 0 amide bonds. The second-order valence-electron chi connectivity index (χ2n) is 11.4. The van der Waals surface area contributed by atoms with E-state index in [1.807, 2.05) is 11.2 Å². The highest BCUT2D eigenvalue weighted by Crippen LogP contribution is 2.48. The summed E-state index contributed by atoms with van der Waals surface area (Å²) in [6.07, 6.45) is 2.44. The predicted octanol–water partition coefficient (Wildman–Crippen LogP) is 6.30. The van der Waals surface area contributed by atoms with Crippen LogP contribution < -0.4 is 10.4 Å². The van der Waals surface area contributed by atoms with Crippen LogP contribution in [-0.2, 0) is 26.7 Å². The molecule has 0 saturated carbocycles. The van der Waals surface area contributed by atoms with Gasteiger partial charge in [-0.25, -0.2) is 12.8 Å². The van der Waals surface area contributed by atoms with E-state index < -0.39 is 27.5 Å². The number of allylic oxidation sites excluding steroid dienone is 3. The van der Waals surface area contributed by atoms with Crippen molar-refractivity contribution in [3.8, 4) is 0 Å². The molecule has 0 spiro atoms. The summed E-state index contributed by atoms with van der Waals surface area (Å²) in [6, 6.07) is 10.8. The minimum Gasteiger partial charge on any atom is -0.377 e. The second-order valence-corrected chi connectivity index (χ2v) is 13.4. The van der Waals surface area contributed by atoms with Crippen molar-refractivity contribution in [3.05, 3.63) is 100 Å². The van der Waals surface area contributed by atoms with E-state index in [4.69, 9.17) is 4.74 Å². The van der Waals surface area contributed by atoms with Crippen LogP contribution in [0.5, 0.6) is 0 Å². The van der Waals surface area contributed by atoms with Crippen LogP contribution in [0.25, 0.3) is 0 Å². The van der Waals surface area contributed by atoms with Gasteiger partial charge in [0.05, 0.1) is 28.8 Å². The monoisotopic (exact) mass is 603 g/mol. The van der Waals surface area contributed by atoms with Gasteiger partial charge in [0.2, 0.25) is 10.0 Å². The zero-order chi connectivity index (χ0) is 29.6. The molecule has 4 aliphatic rings. The molecule has 1 saturated heterocycles. The van der Waals surface area contributed by atoms with Crippen molar-refractivity contribution >= 4 is 15.7 Å². The Hall–Kier alpha value is -3.15. The molecule has 2 aromatic carbocycles. The molecule has 1 fully saturated rings. The number of anilines is 1. The van der Waals surface area contributed by atoms with Crippen LogP contribution in [0.4, 0.5) is 23.2 Å². The fourth-order valence-electron chi connectivity index (χ4n) is 6.61. The second kappa shape index (κ2) is 11.2. The largest absolute Gasteiger partial charge is 0.416 e. The van der Waals surface area contributed by atoms with Crippen molar-refractivity contribution in [2.24, 2.45) is 11.8 Å². The van der Waals surface area contributed by atoms with E-state index in [0.717, 1.165) is 54.8 Å². The van der Waals surface area contributed by atoms with Crippen molar-refractivity contribution < 1.29 is 30.7 Å². The Morgan fingerprint density at radius 3 is 2.60 bits per heavy atom. The number of hydrogen-bond donors (Lipinski definition) is 1. The van der Waals surface area contributed by atoms with E-state index >= 15 is 0 Å². The third-order valence-corrected chi connectivity index (χ3v) is 10.4. The van der Waals surface area contributed by atoms with Crippen molar-refractivity contribution in [3.63, 3.8) is 0 Å². The fourth-order valence-corrected chi connectivity index (χ4v) is 8.19. The summed E-state index contributed by atoms with van der Waals surface area (Å²) >= 11 is 0. The Labute approximate surface area is 243 Å². The molecule has 42 heavy (non-hydrogen) atoms. The van der Waals surface area contributed by atoms with Crippen LogP contribution in [-0.4, -0.2) is 38.5 Å². The zero-order valence-electron chi connectivity index (χ0n) is 23.2. The third-order valence-electron chi connectivity index (χ3n) is 8.64. The molecule has 2 aromatic rings. The average Bonchev–Trinajstić information content (AvgIpc) is 3.69. The molecule has 224 valence electrons. The number of fused-ring (bicyclic) bond motifs is 1. The maximum absolute atomic E-state index is 13.8. The Morgan fingerprint density at radius 2 is 1.88 bits per heavy atom. The van der Waals surface area contributed by atoms with E-state index in [0.29, 0.717) is 6.61 Å². The average molecular weight is 604 g/mol. The fraction of sp³-hybridized carbons (Fsp3) is 0.419. The van der Waals surface area contributed by atoms with Crippen LogP contribution in [0.3, 0.4) is 0 Å². The summed E-state index contributed by atoms with van der Waals surface area (Å²) in [5.41, 5.74) is 7.75. The van der Waals surface area contributed by atoms with Crippen LogP contribution in [0.15, 0.2) is 83.2 Å². The van der Waals surface area contributed by atoms with E-state index in [9.17, 15) is 26.0 Å². The SMILES string of the molecule is C[C@H]1C2=CNN(c3ccc(F)cc3)C2=CC2=C1[C@@H](CN(CC1CCCO1)S(=O)(=O)Cc1cccc(C(F)(F)F)c1)CC2. The maximum atomic E-state index is 13.8. The molecule has 2 heterocycles. The van der Waals surface area contributed by atoms with Gasteiger partial charge in [-0.1, -0.05) is 30.7 Å². The van der Waals surface area contributed by atoms with Gasteiger partial charge >= 0.3 is 6.18 Å². The molecule has 1 unspecified atom stereocenters. The topological polar surface area (TPSA) is 61.9 Å². The lowest BCUT2D eigenvalue weighted by Gasteiger charge is -2.32. The first-order valence-electron chi connectivity index (χ1n) is 14.2. The highest BCUT2D eigenvalue weighted by Gasteiger charge is 2.40. The lowest BCUT2D eigenvalue weighted by molar-refractivity contribution is -0.137. The van der Waals surface area contributed by atoms with Gasteiger partial charge in [0.15, 0.2) is 0 Å². The molecular weight excluding hydrogens is 570 g/mol. The number of hydrazine groups is 1. The molecule has 2 aliphatic carbocycles. The third kappa shape index (κ3) is 5.74. The molecule has 0 bridgehead atoms. The maximum Gasteiger partial charge on any atom is 0.416 e. The first-order valence-corrected chi connectivity index (χ1v) is 15.8. The molecule has 6 rings (SSSR count). The number of nitrogens with zero attached hydrogens (tertiary/aromatic N) is 2. The summed E-state index contributed by atoms with van der Waals surface area (Å²) in [5, 5.41) is 1.92. The number of ether oxygens (including phenoxy) is 1. The van der Waals surface area contributed by atoms with Gasteiger partial charge in [0, 0.05) is 37.4 Å². The standard InChI is InChI=1S/C31H33F4N3O3S/c1-20-28-16-36-38(26-11-9-25(32)10-12-26)29(28)15-22-7-8-23(30(20)22)17-37(18-27-6-3-13-41-27)42(39,40)19-21-4-2-5-24(14-21)31(33,34)35/h2,4-5,9-12,14-16,20,23,27,36H,3,6-8,13,17-19H2,1H3/t20-,23+,27?/m0/s1. The number of benzene rings is 2. The van der Waals surface area contributed by atoms with Gasteiger partial charge < -0.3 is 10.2 Å². The van der Waals surface area contributed by atoms with Crippen molar-refractivity contribution in [2.45, 2.75) is 50.6 Å². The summed E-state index contributed by atoms with van der Waals surface area (Å²) < 4.78 is 88.3. The van der Waals surface area contributed by atoms with Gasteiger partial charge in [-0.2, -0.15) is 17.5 Å². The summed E-state index contributed by atoms with van der Waals surface area (Å²) in [6.45, 7) is 3.11. The molecule has 11 heteroatoms. The van der Waals surface area contributed by atoms with Gasteiger partial charge in [-0.05, 0) is 79.1 Å². The van der Waals surface area contributed by atoms with Crippen molar-refractivity contribution in [2.75, 3.05) is 24.7 Å². The van der Waals surface area contributed by atoms with Crippen LogP contribution in [0.1, 0.15) is 43.7 Å². The molecule has 1 N–H and O–H groups in total. The van der Waals surface area contributed by atoms with E-state index in [2.05, 4.69) is 18.4 Å². The minimum atomic E-state index is -4.55. The lowest BCUT2D eigenvalue weighted by atomic mass is 9.80. The van der Waals surface area contributed by atoms with Gasteiger partial charge in [0.1, 0.15) is 5.82 Å². The summed E-state index contributed by atoms with van der Waals surface area (Å²) in [5.74, 6) is -0.826. The highest BCUT2D eigenvalue weighted by atomic mass is 32.2.